The number of benzene rings is 1. The van der Waals surface area contributed by atoms with Gasteiger partial charge >= 0.3 is 12.1 Å². The van der Waals surface area contributed by atoms with Gasteiger partial charge in [0.2, 0.25) is 0 Å². The summed E-state index contributed by atoms with van der Waals surface area (Å²) in [6.07, 6.45) is -1.55. The fraction of sp³-hybridized carbons (Fsp3) is 0.733. The fourth-order valence-corrected chi connectivity index (χ4v) is 10.3. The lowest BCUT2D eigenvalue weighted by Gasteiger charge is -2.52. The maximum atomic E-state index is 17.0. The van der Waals surface area contributed by atoms with E-state index in [2.05, 4.69) is 0 Å². The zero-order chi connectivity index (χ0) is 46.3. The molecule has 3 aliphatic rings. The molecular weight excluding hydrogens is 808 g/mol. The standard InChI is InChI=1S/C45H67FN4O12/c1-13-34-44(9)36(49(41(55)62-44)21-16-15-20-48-22-19-30-24-31(50(56)57)17-18-32(30)48)28(5)35(51)26(3)25-42(7,58-12)39(29(6)37(52)43(8,46)40(54)59-34)61-45(10)38(53)33(47(11)14-2)23-27(4)60-45/h17-19,22,24,26-29,33-34,36,38-39,53H,13-16,20-21,23,25H2,1-12H3/t26-,27-,28+,29+,33+,34-,36-,38-,39-,42-,43+,44-,45+/m1/s1. The number of nitro groups is 1. The van der Waals surface area contributed by atoms with Gasteiger partial charge in [-0.25, -0.2) is 14.0 Å². The molecule has 346 valence electrons. The molecule has 3 saturated heterocycles. The van der Waals surface area contributed by atoms with Gasteiger partial charge < -0.3 is 43.2 Å². The Balaban J connectivity index is 1.49. The lowest BCUT2D eigenvalue weighted by atomic mass is 9.73. The number of aryl methyl sites for hydroxylation is 1. The van der Waals surface area contributed by atoms with Gasteiger partial charge in [-0.05, 0) is 92.4 Å². The first-order chi connectivity index (χ1) is 28.9. The molecule has 1 N–H and O–H groups in total. The summed E-state index contributed by atoms with van der Waals surface area (Å²) in [6.45, 7) is 17.3. The molecule has 3 fully saturated rings. The number of unbranched alkanes of at least 4 members (excludes halogenated alkanes) is 1. The van der Waals surface area contributed by atoms with E-state index in [0.29, 0.717) is 32.4 Å². The number of aromatic nitrogens is 1. The van der Waals surface area contributed by atoms with Crippen molar-refractivity contribution in [1.29, 1.82) is 0 Å². The molecule has 17 heteroatoms. The number of ketones is 2. The van der Waals surface area contributed by atoms with Crippen molar-refractivity contribution in [2.45, 2.75) is 167 Å². The maximum absolute atomic E-state index is 17.0. The van der Waals surface area contributed by atoms with E-state index < -0.39 is 93.6 Å². The number of alkyl halides is 1. The number of Topliss-reactive ketones (excluding diaryl/α,β-unsaturated/α-hetero) is 2. The largest absolute Gasteiger partial charge is 0.455 e. The van der Waals surface area contributed by atoms with Crippen molar-refractivity contribution in [3.63, 3.8) is 0 Å². The summed E-state index contributed by atoms with van der Waals surface area (Å²) in [7, 11) is 3.27. The average Bonchev–Trinajstić information content (AvgIpc) is 3.75. The van der Waals surface area contributed by atoms with Crippen molar-refractivity contribution in [1.82, 2.24) is 14.4 Å². The minimum absolute atomic E-state index is 0.00741. The number of methoxy groups -OCH3 is 1. The second-order valence-corrected chi connectivity index (χ2v) is 18.5. The molecular formula is C45H67FN4O12. The Morgan fingerprint density at radius 2 is 1.68 bits per heavy atom. The topological polar surface area (TPSA) is 189 Å². The molecule has 0 saturated carbocycles. The SMILES string of the molecule is CC[C@H]1OC(=O)[C@@](C)(F)C(=O)[C@H](C)[C@@H](O[C@]2(C)O[C@H](C)C[C@H](N(C)CC)[C@H]2O)[C@](C)(OC)C[C@@H](C)C(=O)[C@H](C)[C@H]2N(CCCCn3ccc4cc([N+](=O)[O-])ccc43)C(=O)O[C@]12C. The Hall–Kier alpha value is -4.03. The fourth-order valence-electron chi connectivity index (χ4n) is 10.3. The van der Waals surface area contributed by atoms with Crippen LogP contribution in [0.25, 0.3) is 10.9 Å². The Morgan fingerprint density at radius 3 is 2.29 bits per heavy atom. The molecule has 3 aliphatic heterocycles. The van der Waals surface area contributed by atoms with E-state index in [4.69, 9.17) is 23.7 Å². The third kappa shape index (κ3) is 9.15. The van der Waals surface area contributed by atoms with Crippen molar-refractivity contribution in [2.24, 2.45) is 17.8 Å². The highest BCUT2D eigenvalue weighted by Gasteiger charge is 2.62. The second kappa shape index (κ2) is 18.6. The molecule has 0 unspecified atom stereocenters. The summed E-state index contributed by atoms with van der Waals surface area (Å²) in [5, 5.41) is 23.8. The van der Waals surface area contributed by atoms with Crippen LogP contribution in [0.2, 0.25) is 0 Å². The number of hydrogen-bond donors (Lipinski definition) is 1. The Labute approximate surface area is 363 Å². The van der Waals surface area contributed by atoms with Gasteiger partial charge in [-0.3, -0.25) is 19.7 Å². The number of carbonyl (C=O) groups excluding carboxylic acids is 4. The predicted molar refractivity (Wildman–Crippen MR) is 227 cm³/mol. The number of aliphatic hydroxyl groups is 1. The Morgan fingerprint density at radius 1 is 1.02 bits per heavy atom. The first kappa shape index (κ1) is 49.0. The van der Waals surface area contributed by atoms with Gasteiger partial charge in [0, 0.05) is 73.2 Å². The molecule has 13 atom stereocenters. The smallest absolute Gasteiger partial charge is 0.410 e. The predicted octanol–water partition coefficient (Wildman–Crippen LogP) is 6.41. The highest BCUT2D eigenvalue weighted by molar-refractivity contribution is 6.08. The van der Waals surface area contributed by atoms with Gasteiger partial charge in [0.15, 0.2) is 17.2 Å². The van der Waals surface area contributed by atoms with Crippen LogP contribution in [-0.4, -0.2) is 134 Å². The molecule has 0 radical (unpaired) electrons. The van der Waals surface area contributed by atoms with Crippen LogP contribution in [-0.2, 0) is 44.6 Å². The van der Waals surface area contributed by atoms with Crippen LogP contribution >= 0.6 is 0 Å². The van der Waals surface area contributed by atoms with Crippen LogP contribution in [0, 0.1) is 27.9 Å². The minimum Gasteiger partial charge on any atom is -0.455 e. The number of non-ortho nitro benzene ring substituents is 1. The molecule has 0 bridgehead atoms. The van der Waals surface area contributed by atoms with E-state index in [1.807, 2.05) is 36.6 Å². The minimum atomic E-state index is -3.22. The second-order valence-electron chi connectivity index (χ2n) is 18.5. The van der Waals surface area contributed by atoms with Gasteiger partial charge in [-0.15, -0.1) is 0 Å². The Kier molecular flexibility index (Phi) is 14.7. The van der Waals surface area contributed by atoms with Gasteiger partial charge in [-0.2, -0.15) is 0 Å². The monoisotopic (exact) mass is 874 g/mol. The van der Waals surface area contributed by atoms with Gasteiger partial charge in [0.05, 0.1) is 28.8 Å². The summed E-state index contributed by atoms with van der Waals surface area (Å²) < 4.78 is 50.1. The number of nitro benzene ring substituents is 1. The van der Waals surface area contributed by atoms with Crippen LogP contribution in [0.3, 0.4) is 0 Å². The van der Waals surface area contributed by atoms with Crippen LogP contribution in [0.5, 0.6) is 0 Å². The summed E-state index contributed by atoms with van der Waals surface area (Å²) in [4.78, 5) is 71.4. The summed E-state index contributed by atoms with van der Waals surface area (Å²) >= 11 is 0. The van der Waals surface area contributed by atoms with E-state index in [-0.39, 0.29) is 37.0 Å². The molecule has 1 amide bonds. The number of nitrogens with zero attached hydrogens (tertiary/aromatic N) is 4. The molecule has 1 aromatic carbocycles. The number of cyclic esters (lactones) is 1. The van der Waals surface area contributed by atoms with Crippen molar-refractivity contribution >= 4 is 40.2 Å². The van der Waals surface area contributed by atoms with Crippen LogP contribution < -0.4 is 0 Å². The van der Waals surface area contributed by atoms with E-state index >= 15 is 4.39 Å². The van der Waals surface area contributed by atoms with Gasteiger partial charge in [0.25, 0.3) is 11.4 Å². The molecule has 16 nitrogen and oxygen atoms in total. The van der Waals surface area contributed by atoms with Crippen molar-refractivity contribution in [2.75, 3.05) is 27.2 Å². The molecule has 1 aromatic heterocycles. The van der Waals surface area contributed by atoms with Crippen molar-refractivity contribution in [3.8, 4) is 0 Å². The number of hydrogen-bond acceptors (Lipinski definition) is 13. The first-order valence-electron chi connectivity index (χ1n) is 21.9. The highest BCUT2D eigenvalue weighted by Crippen LogP contribution is 2.45. The van der Waals surface area contributed by atoms with Gasteiger partial charge in [-0.1, -0.05) is 34.6 Å². The molecule has 62 heavy (non-hydrogen) atoms. The Bertz CT molecular complexity index is 1990. The van der Waals surface area contributed by atoms with E-state index in [9.17, 15) is 34.4 Å². The zero-order valence-electron chi connectivity index (χ0n) is 38.3. The number of carbonyl (C=O) groups is 4. The first-order valence-corrected chi connectivity index (χ1v) is 21.9. The number of aliphatic hydroxyl groups excluding tert-OH is 1. The molecule has 5 rings (SSSR count). The van der Waals surface area contributed by atoms with Gasteiger partial charge in [0.1, 0.15) is 18.0 Å². The molecule has 0 spiro atoms. The summed E-state index contributed by atoms with van der Waals surface area (Å²) in [6, 6.07) is 5.09. The normalized spacial score (nSPS) is 37.6. The number of fused-ring (bicyclic) bond motifs is 2. The van der Waals surface area contributed by atoms with E-state index in [1.54, 1.807) is 53.7 Å². The zero-order valence-corrected chi connectivity index (χ0v) is 38.3. The van der Waals surface area contributed by atoms with Crippen LogP contribution in [0.15, 0.2) is 30.5 Å². The number of halogens is 1. The molecule has 2 aromatic rings. The average molecular weight is 875 g/mol. The number of amides is 1. The number of ether oxygens (including phenoxy) is 5. The van der Waals surface area contributed by atoms with Crippen molar-refractivity contribution < 1.29 is 57.3 Å². The van der Waals surface area contributed by atoms with E-state index in [0.717, 1.165) is 17.8 Å². The third-order valence-electron chi connectivity index (χ3n) is 14.0. The van der Waals surface area contributed by atoms with Crippen LogP contribution in [0.1, 0.15) is 101 Å². The number of likely N-dealkylation sites (N-methyl/N-ethyl adjacent to an activating group) is 1. The molecule has 0 aliphatic carbocycles. The lowest BCUT2D eigenvalue weighted by Crippen LogP contribution is -2.65. The van der Waals surface area contributed by atoms with E-state index in [1.165, 1.54) is 31.1 Å². The summed E-state index contributed by atoms with van der Waals surface area (Å²) in [5.41, 5.74) is -5.54. The summed E-state index contributed by atoms with van der Waals surface area (Å²) in [5.74, 6) is -7.72. The number of esters is 1. The highest BCUT2D eigenvalue weighted by atomic mass is 19.1. The van der Waals surface area contributed by atoms with Crippen LogP contribution in [0.4, 0.5) is 14.9 Å². The number of rotatable bonds is 12. The quantitative estimate of drug-likeness (QED) is 0.0811. The van der Waals surface area contributed by atoms with Crippen molar-refractivity contribution in [3.05, 3.63) is 40.6 Å². The third-order valence-corrected chi connectivity index (χ3v) is 14.0. The maximum Gasteiger partial charge on any atom is 0.410 e. The lowest BCUT2D eigenvalue weighted by molar-refractivity contribution is -0.384. The molecule has 4 heterocycles.